The standard InChI is InChI=1S/C32H34FNO9/c33-18-9-7-16(8-10-18)27-21-3-1-2-4-24(21)34-28(17-5-6-17)22(27)12-11-19(35)13-20(36)14-26(37)43-25-15-23(32(41)42)29(38)31(40)30(25)39/h1-4,7-12,17,19-20,23,25,29-31,35-36,38-40H,5-6,13-15H2,(H,41,42)/b12-11+/t19-,20-,23?,25?,29?,30?,31?/m1/s1. The summed E-state index contributed by atoms with van der Waals surface area (Å²) in [6, 6.07) is 13.8. The van der Waals surface area contributed by atoms with Crippen LogP contribution in [0.15, 0.2) is 54.6 Å². The number of aromatic nitrogens is 1. The number of carboxylic acid groups (broad SMARTS) is 1. The van der Waals surface area contributed by atoms with Crippen LogP contribution in [0.5, 0.6) is 0 Å². The Labute approximate surface area is 246 Å². The van der Waals surface area contributed by atoms with Gasteiger partial charge in [0.1, 0.15) is 24.1 Å². The predicted octanol–water partition coefficient (Wildman–Crippen LogP) is 2.53. The molecule has 2 saturated carbocycles. The number of hydrogen-bond donors (Lipinski definition) is 6. The van der Waals surface area contributed by atoms with E-state index in [9.17, 15) is 44.6 Å². The molecule has 0 saturated heterocycles. The van der Waals surface area contributed by atoms with E-state index in [0.29, 0.717) is 0 Å². The SMILES string of the molecule is O=C(C[C@H](O)C[C@H](O)/C=C/c1c(C2CC2)nc2ccccc2c1-c1ccc(F)cc1)OC1CC(C(=O)O)C(O)C(O)C1O. The van der Waals surface area contributed by atoms with Crippen molar-refractivity contribution in [3.05, 3.63) is 71.7 Å². The number of esters is 1. The van der Waals surface area contributed by atoms with Gasteiger partial charge in [-0.15, -0.1) is 0 Å². The molecule has 0 aliphatic heterocycles. The van der Waals surface area contributed by atoms with E-state index >= 15 is 0 Å². The number of aliphatic hydroxyl groups is 5. The summed E-state index contributed by atoms with van der Waals surface area (Å²) in [7, 11) is 0. The van der Waals surface area contributed by atoms with E-state index in [1.807, 2.05) is 24.3 Å². The van der Waals surface area contributed by atoms with E-state index < -0.39 is 67.3 Å². The third kappa shape index (κ3) is 6.92. The number of benzene rings is 2. The van der Waals surface area contributed by atoms with E-state index in [0.717, 1.165) is 46.1 Å². The highest BCUT2D eigenvalue weighted by Crippen LogP contribution is 2.45. The van der Waals surface area contributed by atoms with Crippen LogP contribution in [0.25, 0.3) is 28.1 Å². The Kier molecular flexibility index (Phi) is 9.19. The summed E-state index contributed by atoms with van der Waals surface area (Å²) in [5, 5.41) is 61.3. The minimum Gasteiger partial charge on any atom is -0.481 e. The van der Waals surface area contributed by atoms with Crippen LogP contribution in [0, 0.1) is 11.7 Å². The second-order valence-electron chi connectivity index (χ2n) is 11.3. The van der Waals surface area contributed by atoms with Crippen molar-refractivity contribution in [2.45, 2.75) is 74.6 Å². The number of aliphatic carboxylic acids is 1. The zero-order chi connectivity index (χ0) is 30.8. The van der Waals surface area contributed by atoms with Crippen molar-refractivity contribution in [1.29, 1.82) is 0 Å². The lowest BCUT2D eigenvalue weighted by Crippen LogP contribution is -2.56. The first-order chi connectivity index (χ1) is 20.5. The number of nitrogens with zero attached hydrogens (tertiary/aromatic N) is 1. The van der Waals surface area contributed by atoms with Crippen LogP contribution in [-0.2, 0) is 14.3 Å². The topological polar surface area (TPSA) is 178 Å². The maximum atomic E-state index is 13.8. The third-order valence-electron chi connectivity index (χ3n) is 8.04. The Hall–Kier alpha value is -3.74. The minimum absolute atomic E-state index is 0.233. The summed E-state index contributed by atoms with van der Waals surface area (Å²) in [5.74, 6) is -3.94. The van der Waals surface area contributed by atoms with E-state index in [-0.39, 0.29) is 18.2 Å². The van der Waals surface area contributed by atoms with E-state index in [2.05, 4.69) is 0 Å². The first-order valence-corrected chi connectivity index (χ1v) is 14.2. The molecule has 0 spiro atoms. The summed E-state index contributed by atoms with van der Waals surface area (Å²) < 4.78 is 18.9. The van der Waals surface area contributed by atoms with Gasteiger partial charge >= 0.3 is 11.9 Å². The van der Waals surface area contributed by atoms with Crippen molar-refractivity contribution in [3.63, 3.8) is 0 Å². The van der Waals surface area contributed by atoms with Crippen LogP contribution >= 0.6 is 0 Å². The quantitative estimate of drug-likeness (QED) is 0.191. The normalized spacial score (nSPS) is 25.5. The van der Waals surface area contributed by atoms with E-state index in [1.165, 1.54) is 18.2 Å². The number of hydrogen-bond acceptors (Lipinski definition) is 9. The van der Waals surface area contributed by atoms with Crippen molar-refractivity contribution in [1.82, 2.24) is 4.98 Å². The average molecular weight is 596 g/mol. The molecule has 43 heavy (non-hydrogen) atoms. The highest BCUT2D eigenvalue weighted by atomic mass is 19.1. The molecule has 2 aliphatic carbocycles. The van der Waals surface area contributed by atoms with Crippen molar-refractivity contribution in [3.8, 4) is 11.1 Å². The van der Waals surface area contributed by atoms with Gasteiger partial charge in [0.15, 0.2) is 0 Å². The van der Waals surface area contributed by atoms with Crippen LogP contribution in [-0.4, -0.2) is 84.2 Å². The second kappa shape index (κ2) is 12.9. The van der Waals surface area contributed by atoms with Gasteiger partial charge in [0.25, 0.3) is 0 Å². The van der Waals surface area contributed by atoms with Crippen molar-refractivity contribution in [2.24, 2.45) is 5.92 Å². The molecule has 3 aromatic rings. The van der Waals surface area contributed by atoms with Crippen molar-refractivity contribution < 1.29 is 49.4 Å². The number of carbonyl (C=O) groups is 2. The number of carboxylic acids is 1. The Bertz CT molecular complexity index is 1510. The summed E-state index contributed by atoms with van der Waals surface area (Å²) in [4.78, 5) is 28.7. The van der Waals surface area contributed by atoms with Crippen LogP contribution in [0.4, 0.5) is 4.39 Å². The number of ether oxygens (including phenoxy) is 1. The maximum Gasteiger partial charge on any atom is 0.309 e. The Morgan fingerprint density at radius 3 is 2.37 bits per heavy atom. The molecule has 2 aliphatic rings. The third-order valence-corrected chi connectivity index (χ3v) is 8.04. The molecule has 6 N–H and O–H groups in total. The zero-order valence-electron chi connectivity index (χ0n) is 23.2. The van der Waals surface area contributed by atoms with Crippen LogP contribution in [0.2, 0.25) is 0 Å². The van der Waals surface area contributed by atoms with Gasteiger partial charge in [0, 0.05) is 35.3 Å². The van der Waals surface area contributed by atoms with Gasteiger partial charge in [-0.05, 0) is 36.6 Å². The highest BCUT2D eigenvalue weighted by Gasteiger charge is 2.47. The minimum atomic E-state index is -1.82. The molecular weight excluding hydrogens is 561 g/mol. The molecular formula is C32H34FNO9. The Balaban J connectivity index is 1.30. The van der Waals surface area contributed by atoms with Gasteiger partial charge < -0.3 is 35.4 Å². The number of pyridine rings is 1. The molecule has 0 radical (unpaired) electrons. The average Bonchev–Trinajstić information content (AvgIpc) is 3.81. The van der Waals surface area contributed by atoms with Gasteiger partial charge in [-0.3, -0.25) is 14.6 Å². The molecule has 7 atom stereocenters. The second-order valence-corrected chi connectivity index (χ2v) is 11.3. The molecule has 2 fully saturated rings. The maximum absolute atomic E-state index is 13.8. The highest BCUT2D eigenvalue weighted by molar-refractivity contribution is 5.99. The predicted molar refractivity (Wildman–Crippen MR) is 153 cm³/mol. The number of para-hydroxylation sites is 1. The van der Waals surface area contributed by atoms with Crippen molar-refractivity contribution in [2.75, 3.05) is 0 Å². The van der Waals surface area contributed by atoms with Crippen molar-refractivity contribution >= 4 is 28.9 Å². The van der Waals surface area contributed by atoms with E-state index in [4.69, 9.17) is 9.72 Å². The summed E-state index contributed by atoms with van der Waals surface area (Å²) in [6.07, 6.45) is -5.19. The van der Waals surface area contributed by atoms with Gasteiger partial charge in [-0.2, -0.15) is 0 Å². The first-order valence-electron chi connectivity index (χ1n) is 14.2. The smallest absolute Gasteiger partial charge is 0.309 e. The monoisotopic (exact) mass is 595 g/mol. The number of carbonyl (C=O) groups excluding carboxylic acids is 1. The van der Waals surface area contributed by atoms with Gasteiger partial charge in [-0.1, -0.05) is 42.5 Å². The molecule has 1 aromatic heterocycles. The molecule has 2 aromatic carbocycles. The number of aliphatic hydroxyl groups excluding tert-OH is 5. The lowest BCUT2D eigenvalue weighted by Gasteiger charge is -2.38. The molecule has 5 rings (SSSR count). The number of halogens is 1. The fourth-order valence-corrected chi connectivity index (χ4v) is 5.62. The molecule has 228 valence electrons. The lowest BCUT2D eigenvalue weighted by molar-refractivity contribution is -0.194. The largest absolute Gasteiger partial charge is 0.481 e. The number of fused-ring (bicyclic) bond motifs is 1. The Morgan fingerprint density at radius 1 is 1.00 bits per heavy atom. The summed E-state index contributed by atoms with van der Waals surface area (Å²) in [6.45, 7) is 0. The Morgan fingerprint density at radius 2 is 1.70 bits per heavy atom. The summed E-state index contributed by atoms with van der Waals surface area (Å²) >= 11 is 0. The number of rotatable bonds is 10. The molecule has 0 bridgehead atoms. The molecule has 0 amide bonds. The molecule has 11 heteroatoms. The van der Waals surface area contributed by atoms with Gasteiger partial charge in [-0.25, -0.2) is 4.39 Å². The summed E-state index contributed by atoms with van der Waals surface area (Å²) in [5.41, 5.74) is 4.07. The molecule has 10 nitrogen and oxygen atoms in total. The van der Waals surface area contributed by atoms with Gasteiger partial charge in [0.2, 0.25) is 0 Å². The van der Waals surface area contributed by atoms with Crippen LogP contribution in [0.1, 0.15) is 49.3 Å². The molecule has 5 unspecified atom stereocenters. The first kappa shape index (κ1) is 30.7. The van der Waals surface area contributed by atoms with Crippen LogP contribution < -0.4 is 0 Å². The molecule has 1 heterocycles. The fourth-order valence-electron chi connectivity index (χ4n) is 5.62. The van der Waals surface area contributed by atoms with Gasteiger partial charge in [0.05, 0.1) is 41.9 Å². The lowest BCUT2D eigenvalue weighted by atomic mass is 9.81. The fraction of sp³-hybridized carbons (Fsp3) is 0.406. The van der Waals surface area contributed by atoms with E-state index in [1.54, 1.807) is 18.2 Å². The zero-order valence-corrected chi connectivity index (χ0v) is 23.2. The van der Waals surface area contributed by atoms with Crippen LogP contribution in [0.3, 0.4) is 0 Å².